The molecule has 0 spiro atoms. The van der Waals surface area contributed by atoms with Crippen molar-refractivity contribution in [3.05, 3.63) is 0 Å². The number of hydrogen-bond donors (Lipinski definition) is 0. The molecule has 0 aromatic rings. The third-order valence-electron chi connectivity index (χ3n) is 2.72. The smallest absolute Gasteiger partial charge is 0.00313 e. The van der Waals surface area contributed by atoms with Crippen molar-refractivity contribution in [1.29, 1.82) is 0 Å². The Bertz CT molecular complexity index is 84.9. The molecule has 1 aliphatic carbocycles. The van der Waals surface area contributed by atoms with Gasteiger partial charge in [-0.1, -0.05) is 60.9 Å². The van der Waals surface area contributed by atoms with E-state index in [1.807, 2.05) is 0 Å². The number of alkyl halides is 1. The minimum atomic E-state index is 1.09. The molecule has 0 radical (unpaired) electrons. The maximum atomic E-state index is 3.47. The molecule has 0 heterocycles. The Balaban J connectivity index is 1.96. The van der Waals surface area contributed by atoms with Gasteiger partial charge in [-0.25, -0.2) is 0 Å². The predicted molar refractivity (Wildman–Crippen MR) is 54.2 cm³/mol. The lowest BCUT2D eigenvalue weighted by atomic mass is 9.86. The largest absolute Gasteiger partial charge is 0.0928 e. The van der Waals surface area contributed by atoms with Gasteiger partial charge in [0, 0.05) is 5.33 Å². The van der Waals surface area contributed by atoms with Crippen molar-refractivity contribution in [1.82, 2.24) is 0 Å². The topological polar surface area (TPSA) is 0 Å². The molecule has 66 valence electrons. The molecule has 0 nitrogen and oxygen atoms in total. The number of hydrogen-bond acceptors (Lipinski definition) is 0. The van der Waals surface area contributed by atoms with Crippen LogP contribution in [0.5, 0.6) is 0 Å². The van der Waals surface area contributed by atoms with E-state index in [9.17, 15) is 0 Å². The molecule has 0 unspecified atom stereocenters. The van der Waals surface area contributed by atoms with Crippen LogP contribution in [0.1, 0.15) is 51.4 Å². The Morgan fingerprint density at radius 3 is 2.36 bits per heavy atom. The maximum Gasteiger partial charge on any atom is 0.00313 e. The number of unbranched alkanes of at least 4 members (excludes halogenated alkanes) is 1. The SMILES string of the molecule is BrCCCCC1CCCCC1. The van der Waals surface area contributed by atoms with Crippen LogP contribution < -0.4 is 0 Å². The minimum Gasteiger partial charge on any atom is -0.0928 e. The first-order chi connectivity index (χ1) is 5.43. The highest BCUT2D eigenvalue weighted by atomic mass is 79.9. The third kappa shape index (κ3) is 4.15. The van der Waals surface area contributed by atoms with E-state index in [0.717, 1.165) is 5.92 Å². The van der Waals surface area contributed by atoms with Gasteiger partial charge >= 0.3 is 0 Å². The lowest BCUT2D eigenvalue weighted by Gasteiger charge is -2.20. The first-order valence-electron chi connectivity index (χ1n) is 4.99. The van der Waals surface area contributed by atoms with Crippen molar-refractivity contribution < 1.29 is 0 Å². The molecule has 0 aliphatic heterocycles. The fourth-order valence-electron chi connectivity index (χ4n) is 2.00. The molecule has 1 rings (SSSR count). The summed E-state index contributed by atoms with van der Waals surface area (Å²) in [4.78, 5) is 0. The minimum absolute atomic E-state index is 1.09. The molecule has 1 saturated carbocycles. The monoisotopic (exact) mass is 218 g/mol. The summed E-state index contributed by atoms with van der Waals surface area (Å²) in [5, 5.41) is 1.19. The first kappa shape index (κ1) is 9.57. The Morgan fingerprint density at radius 2 is 1.73 bits per heavy atom. The zero-order valence-electron chi connectivity index (χ0n) is 7.32. The highest BCUT2D eigenvalue weighted by Crippen LogP contribution is 2.27. The van der Waals surface area contributed by atoms with E-state index in [4.69, 9.17) is 0 Å². The van der Waals surface area contributed by atoms with Gasteiger partial charge in [-0.2, -0.15) is 0 Å². The summed E-state index contributed by atoms with van der Waals surface area (Å²) < 4.78 is 0. The van der Waals surface area contributed by atoms with Gasteiger partial charge in [0.2, 0.25) is 0 Å². The Hall–Kier alpha value is 0.480. The van der Waals surface area contributed by atoms with Gasteiger partial charge in [0.25, 0.3) is 0 Å². The first-order valence-corrected chi connectivity index (χ1v) is 6.11. The molecule has 1 heteroatoms. The highest BCUT2D eigenvalue weighted by Gasteiger charge is 2.11. The van der Waals surface area contributed by atoms with Crippen molar-refractivity contribution in [2.24, 2.45) is 5.92 Å². The summed E-state index contributed by atoms with van der Waals surface area (Å²) in [6.45, 7) is 0. The van der Waals surface area contributed by atoms with Gasteiger partial charge in [0.15, 0.2) is 0 Å². The van der Waals surface area contributed by atoms with Crippen LogP contribution in [0.25, 0.3) is 0 Å². The Kier molecular flexibility index (Phi) is 5.26. The molecule has 1 fully saturated rings. The normalized spacial score (nSPS) is 20.5. The van der Waals surface area contributed by atoms with E-state index in [1.54, 1.807) is 0 Å². The molecule has 0 N–H and O–H groups in total. The Morgan fingerprint density at radius 1 is 1.00 bits per heavy atom. The van der Waals surface area contributed by atoms with Crippen molar-refractivity contribution in [3.63, 3.8) is 0 Å². The highest BCUT2D eigenvalue weighted by molar-refractivity contribution is 9.09. The van der Waals surface area contributed by atoms with Crippen LogP contribution in [0, 0.1) is 5.92 Å². The van der Waals surface area contributed by atoms with Crippen molar-refractivity contribution in [3.8, 4) is 0 Å². The standard InChI is InChI=1S/C10H19Br/c11-9-5-4-8-10-6-2-1-3-7-10/h10H,1-9H2. The van der Waals surface area contributed by atoms with Gasteiger partial charge < -0.3 is 0 Å². The van der Waals surface area contributed by atoms with E-state index < -0.39 is 0 Å². The quantitative estimate of drug-likeness (QED) is 0.492. The molecule has 1 aliphatic rings. The van der Waals surface area contributed by atoms with Crippen LogP contribution in [0.2, 0.25) is 0 Å². The van der Waals surface area contributed by atoms with Crippen LogP contribution >= 0.6 is 15.9 Å². The average molecular weight is 219 g/mol. The van der Waals surface area contributed by atoms with Crippen molar-refractivity contribution in [2.75, 3.05) is 5.33 Å². The van der Waals surface area contributed by atoms with Crippen LogP contribution in [0.3, 0.4) is 0 Å². The van der Waals surface area contributed by atoms with E-state index in [0.29, 0.717) is 0 Å². The van der Waals surface area contributed by atoms with Gasteiger partial charge in [-0.3, -0.25) is 0 Å². The molecule has 0 saturated heterocycles. The molecule has 11 heavy (non-hydrogen) atoms. The van der Waals surface area contributed by atoms with Crippen molar-refractivity contribution in [2.45, 2.75) is 51.4 Å². The third-order valence-corrected chi connectivity index (χ3v) is 3.28. The van der Waals surface area contributed by atoms with E-state index in [-0.39, 0.29) is 0 Å². The second-order valence-electron chi connectivity index (χ2n) is 3.69. The second kappa shape index (κ2) is 6.05. The lowest BCUT2D eigenvalue weighted by Crippen LogP contribution is -2.05. The number of halogens is 1. The summed E-state index contributed by atoms with van der Waals surface area (Å²) in [5.41, 5.74) is 0. The molecule has 0 aromatic heterocycles. The molecule has 0 atom stereocenters. The maximum absolute atomic E-state index is 3.47. The summed E-state index contributed by atoms with van der Waals surface area (Å²) in [6.07, 6.45) is 11.8. The fraction of sp³-hybridized carbons (Fsp3) is 1.00. The summed E-state index contributed by atoms with van der Waals surface area (Å²) >= 11 is 3.47. The summed E-state index contributed by atoms with van der Waals surface area (Å²) in [7, 11) is 0. The van der Waals surface area contributed by atoms with E-state index >= 15 is 0 Å². The Labute approximate surface area is 78.9 Å². The molecule has 0 bridgehead atoms. The van der Waals surface area contributed by atoms with Crippen LogP contribution in [-0.4, -0.2) is 5.33 Å². The average Bonchev–Trinajstić information content (AvgIpc) is 2.07. The molecular formula is C10H19Br. The van der Waals surface area contributed by atoms with Crippen LogP contribution in [0.4, 0.5) is 0 Å². The zero-order valence-corrected chi connectivity index (χ0v) is 8.91. The molecular weight excluding hydrogens is 200 g/mol. The van der Waals surface area contributed by atoms with Gasteiger partial charge in [-0.15, -0.1) is 0 Å². The zero-order chi connectivity index (χ0) is 7.94. The predicted octanol–water partition coefficient (Wildman–Crippen LogP) is 4.13. The van der Waals surface area contributed by atoms with E-state index in [2.05, 4.69) is 15.9 Å². The van der Waals surface area contributed by atoms with Gasteiger partial charge in [0.05, 0.1) is 0 Å². The summed E-state index contributed by atoms with van der Waals surface area (Å²) in [6, 6.07) is 0. The number of rotatable bonds is 4. The van der Waals surface area contributed by atoms with Crippen LogP contribution in [0.15, 0.2) is 0 Å². The molecule has 0 amide bonds. The second-order valence-corrected chi connectivity index (χ2v) is 4.48. The lowest BCUT2D eigenvalue weighted by molar-refractivity contribution is 0.332. The van der Waals surface area contributed by atoms with Crippen LogP contribution in [-0.2, 0) is 0 Å². The van der Waals surface area contributed by atoms with Gasteiger partial charge in [0.1, 0.15) is 0 Å². The fourth-order valence-corrected chi connectivity index (χ4v) is 2.40. The summed E-state index contributed by atoms with van der Waals surface area (Å²) in [5.74, 6) is 1.09. The molecule has 0 aromatic carbocycles. The van der Waals surface area contributed by atoms with E-state index in [1.165, 1.54) is 56.7 Å². The van der Waals surface area contributed by atoms with Crippen molar-refractivity contribution >= 4 is 15.9 Å². The van der Waals surface area contributed by atoms with Gasteiger partial charge in [-0.05, 0) is 12.3 Å².